The zero-order valence-electron chi connectivity index (χ0n) is 16.6. The highest BCUT2D eigenvalue weighted by Gasteiger charge is 2.24. The minimum atomic E-state index is -3.75. The summed E-state index contributed by atoms with van der Waals surface area (Å²) in [6, 6.07) is 14.0. The standard InChI is InChI=1S/C20H22N4O3S2/c1-13-10-11-15(29(26,27)24-20(2,3)4)12-16(13)17(25)21-19-23-22-18(28-19)14-8-6-5-7-9-14/h5-12,24H,1-4H3,(H,21,23,25). The number of carbonyl (C=O) groups is 1. The van der Waals surface area contributed by atoms with Gasteiger partial charge >= 0.3 is 0 Å². The Bertz CT molecular complexity index is 1130. The molecule has 0 unspecified atom stereocenters. The normalized spacial score (nSPS) is 12.0. The first-order valence-corrected chi connectivity index (χ1v) is 11.2. The van der Waals surface area contributed by atoms with Crippen molar-refractivity contribution < 1.29 is 13.2 Å². The van der Waals surface area contributed by atoms with Crippen LogP contribution in [0.4, 0.5) is 5.13 Å². The molecule has 1 heterocycles. The van der Waals surface area contributed by atoms with Crippen LogP contribution in [-0.4, -0.2) is 30.1 Å². The Morgan fingerprint density at radius 3 is 2.38 bits per heavy atom. The third-order valence-corrected chi connectivity index (χ3v) is 6.51. The molecule has 0 saturated heterocycles. The van der Waals surface area contributed by atoms with Crippen LogP contribution in [0.5, 0.6) is 0 Å². The number of rotatable bonds is 5. The Balaban J connectivity index is 1.84. The molecule has 152 valence electrons. The minimum Gasteiger partial charge on any atom is -0.296 e. The highest BCUT2D eigenvalue weighted by atomic mass is 32.2. The molecule has 0 fully saturated rings. The average Bonchev–Trinajstić information content (AvgIpc) is 3.09. The second-order valence-corrected chi connectivity index (χ2v) is 10.2. The van der Waals surface area contributed by atoms with E-state index in [1.54, 1.807) is 33.8 Å². The summed E-state index contributed by atoms with van der Waals surface area (Å²) in [7, 11) is -3.75. The van der Waals surface area contributed by atoms with Gasteiger partial charge in [0.2, 0.25) is 15.2 Å². The van der Waals surface area contributed by atoms with E-state index in [9.17, 15) is 13.2 Å². The molecule has 7 nitrogen and oxygen atoms in total. The molecule has 3 rings (SSSR count). The summed E-state index contributed by atoms with van der Waals surface area (Å²) < 4.78 is 27.8. The van der Waals surface area contributed by atoms with E-state index in [1.807, 2.05) is 30.3 Å². The van der Waals surface area contributed by atoms with Crippen LogP contribution in [0, 0.1) is 6.92 Å². The number of carbonyl (C=O) groups excluding carboxylic acids is 1. The Kier molecular flexibility index (Phi) is 5.83. The number of anilines is 1. The topological polar surface area (TPSA) is 101 Å². The van der Waals surface area contributed by atoms with Crippen molar-refractivity contribution in [1.82, 2.24) is 14.9 Å². The maximum Gasteiger partial charge on any atom is 0.257 e. The van der Waals surface area contributed by atoms with E-state index in [2.05, 4.69) is 20.2 Å². The van der Waals surface area contributed by atoms with Gasteiger partial charge in [-0.1, -0.05) is 47.7 Å². The molecule has 0 bridgehead atoms. The minimum absolute atomic E-state index is 0.0328. The first kappa shape index (κ1) is 21.1. The lowest BCUT2D eigenvalue weighted by Gasteiger charge is -2.20. The molecular weight excluding hydrogens is 408 g/mol. The third kappa shape index (κ3) is 5.26. The highest BCUT2D eigenvalue weighted by molar-refractivity contribution is 7.89. The average molecular weight is 431 g/mol. The fourth-order valence-electron chi connectivity index (χ4n) is 2.61. The number of amides is 1. The Morgan fingerprint density at radius 1 is 1.03 bits per heavy atom. The van der Waals surface area contributed by atoms with E-state index in [0.717, 1.165) is 5.56 Å². The molecular formula is C20H22N4O3S2. The number of benzene rings is 2. The number of hydrogen-bond acceptors (Lipinski definition) is 6. The molecule has 29 heavy (non-hydrogen) atoms. The second kappa shape index (κ2) is 8.02. The number of nitrogens with zero attached hydrogens (tertiary/aromatic N) is 2. The third-order valence-electron chi connectivity index (χ3n) is 3.87. The first-order valence-electron chi connectivity index (χ1n) is 8.90. The molecule has 0 spiro atoms. The summed E-state index contributed by atoms with van der Waals surface area (Å²) in [6.45, 7) is 7.02. The maximum absolute atomic E-state index is 12.8. The summed E-state index contributed by atoms with van der Waals surface area (Å²) in [6.07, 6.45) is 0. The van der Waals surface area contributed by atoms with Gasteiger partial charge < -0.3 is 0 Å². The highest BCUT2D eigenvalue weighted by Crippen LogP contribution is 2.27. The molecule has 1 amide bonds. The molecule has 0 radical (unpaired) electrons. The van der Waals surface area contributed by atoms with Crippen molar-refractivity contribution in [3.63, 3.8) is 0 Å². The summed E-state index contributed by atoms with van der Waals surface area (Å²) >= 11 is 1.25. The zero-order chi connectivity index (χ0) is 21.2. The number of sulfonamides is 1. The Hall–Kier alpha value is -2.62. The summed E-state index contributed by atoms with van der Waals surface area (Å²) in [5.41, 5.74) is 1.19. The van der Waals surface area contributed by atoms with Gasteiger partial charge in [-0.3, -0.25) is 10.1 Å². The van der Waals surface area contributed by atoms with Gasteiger partial charge in [0.05, 0.1) is 4.90 Å². The number of nitrogens with one attached hydrogen (secondary N) is 2. The molecule has 0 saturated carbocycles. The lowest BCUT2D eigenvalue weighted by atomic mass is 10.1. The molecule has 2 aromatic carbocycles. The van der Waals surface area contributed by atoms with Crippen LogP contribution < -0.4 is 10.0 Å². The molecule has 2 N–H and O–H groups in total. The molecule has 3 aromatic rings. The number of aromatic nitrogens is 2. The lowest BCUT2D eigenvalue weighted by molar-refractivity contribution is 0.102. The van der Waals surface area contributed by atoms with E-state index in [4.69, 9.17) is 0 Å². The smallest absolute Gasteiger partial charge is 0.257 e. The van der Waals surface area contributed by atoms with Crippen LogP contribution in [0.25, 0.3) is 10.6 Å². The fourth-order valence-corrected chi connectivity index (χ4v) is 4.80. The van der Waals surface area contributed by atoms with E-state index < -0.39 is 21.5 Å². The van der Waals surface area contributed by atoms with Gasteiger partial charge in [0, 0.05) is 16.7 Å². The van der Waals surface area contributed by atoms with Gasteiger partial charge in [-0.15, -0.1) is 10.2 Å². The SMILES string of the molecule is Cc1ccc(S(=O)(=O)NC(C)(C)C)cc1C(=O)Nc1nnc(-c2ccccc2)s1. The number of hydrogen-bond donors (Lipinski definition) is 2. The van der Waals surface area contributed by atoms with E-state index in [1.165, 1.54) is 23.5 Å². The molecule has 1 aromatic heterocycles. The van der Waals surface area contributed by atoms with Crippen molar-refractivity contribution in [2.75, 3.05) is 5.32 Å². The van der Waals surface area contributed by atoms with E-state index in [-0.39, 0.29) is 10.5 Å². The van der Waals surface area contributed by atoms with Crippen molar-refractivity contribution in [2.45, 2.75) is 38.1 Å². The predicted molar refractivity (Wildman–Crippen MR) is 115 cm³/mol. The van der Waals surface area contributed by atoms with E-state index in [0.29, 0.717) is 15.7 Å². The summed E-state index contributed by atoms with van der Waals surface area (Å²) in [5, 5.41) is 11.8. The monoisotopic (exact) mass is 430 g/mol. The predicted octanol–water partition coefficient (Wildman–Crippen LogP) is 3.84. The van der Waals surface area contributed by atoms with Crippen LogP contribution in [0.1, 0.15) is 36.7 Å². The van der Waals surface area contributed by atoms with Crippen LogP contribution in [0.3, 0.4) is 0 Å². The first-order chi connectivity index (χ1) is 13.5. The number of aryl methyl sites for hydroxylation is 1. The molecule has 0 aliphatic heterocycles. The van der Waals surface area contributed by atoms with Gasteiger partial charge in [-0.05, 0) is 45.4 Å². The quantitative estimate of drug-likeness (QED) is 0.640. The van der Waals surface area contributed by atoms with Crippen LogP contribution in [0.15, 0.2) is 53.4 Å². The Labute approximate surface area is 174 Å². The van der Waals surface area contributed by atoms with Gasteiger partial charge in [0.1, 0.15) is 5.01 Å². The lowest BCUT2D eigenvalue weighted by Crippen LogP contribution is -2.40. The Morgan fingerprint density at radius 2 is 1.72 bits per heavy atom. The maximum atomic E-state index is 12.8. The molecule has 0 aliphatic carbocycles. The summed E-state index contributed by atoms with van der Waals surface area (Å²) in [4.78, 5) is 12.8. The van der Waals surface area contributed by atoms with Gasteiger partial charge in [0.25, 0.3) is 5.91 Å². The van der Waals surface area contributed by atoms with Crippen molar-refractivity contribution in [2.24, 2.45) is 0 Å². The molecule has 9 heteroatoms. The van der Waals surface area contributed by atoms with Crippen LogP contribution in [-0.2, 0) is 10.0 Å². The summed E-state index contributed by atoms with van der Waals surface area (Å²) in [5.74, 6) is -0.439. The van der Waals surface area contributed by atoms with Crippen molar-refractivity contribution in [1.29, 1.82) is 0 Å². The van der Waals surface area contributed by atoms with Crippen molar-refractivity contribution in [3.05, 3.63) is 59.7 Å². The van der Waals surface area contributed by atoms with Crippen LogP contribution >= 0.6 is 11.3 Å². The van der Waals surface area contributed by atoms with Crippen molar-refractivity contribution >= 4 is 32.4 Å². The van der Waals surface area contributed by atoms with Crippen LogP contribution in [0.2, 0.25) is 0 Å². The van der Waals surface area contributed by atoms with Gasteiger partial charge in [0.15, 0.2) is 0 Å². The molecule has 0 atom stereocenters. The largest absolute Gasteiger partial charge is 0.296 e. The van der Waals surface area contributed by atoms with Gasteiger partial charge in [-0.25, -0.2) is 13.1 Å². The fraction of sp³-hybridized carbons (Fsp3) is 0.250. The van der Waals surface area contributed by atoms with Gasteiger partial charge in [-0.2, -0.15) is 0 Å². The zero-order valence-corrected chi connectivity index (χ0v) is 18.2. The van der Waals surface area contributed by atoms with Crippen molar-refractivity contribution in [3.8, 4) is 10.6 Å². The van der Waals surface area contributed by atoms with E-state index >= 15 is 0 Å². The molecule has 0 aliphatic rings. The second-order valence-electron chi connectivity index (χ2n) is 7.56.